The number of aromatic nitrogens is 1. The molecule has 118 valence electrons. The average Bonchev–Trinajstić information content (AvgIpc) is 2.93. The molecular weight excluding hydrogens is 322 g/mol. The smallest absolute Gasteiger partial charge is 0.360 e. The van der Waals surface area contributed by atoms with Crippen molar-refractivity contribution in [2.24, 2.45) is 0 Å². The Labute approximate surface area is 127 Å². The van der Waals surface area contributed by atoms with E-state index in [-0.39, 0.29) is 23.8 Å². The zero-order chi connectivity index (χ0) is 16.2. The Morgan fingerprint density at radius 3 is 2.59 bits per heavy atom. The zero-order valence-electron chi connectivity index (χ0n) is 11.1. The topological polar surface area (TPSA) is 54.0 Å². The third-order valence-corrected chi connectivity index (χ3v) is 3.59. The lowest BCUT2D eigenvalue weighted by Gasteiger charge is -2.06. The summed E-state index contributed by atoms with van der Waals surface area (Å²) in [5.74, 6) is -1.22. The molecule has 0 radical (unpaired) electrons. The van der Waals surface area contributed by atoms with Crippen molar-refractivity contribution in [2.75, 3.05) is 18.4 Å². The minimum Gasteiger partial charge on any atom is -0.360 e. The summed E-state index contributed by atoms with van der Waals surface area (Å²) in [7, 11) is 0. The normalized spacial score (nSPS) is 11.3. The summed E-state index contributed by atoms with van der Waals surface area (Å²) in [6, 6.07) is 5.51. The van der Waals surface area contributed by atoms with Crippen LogP contribution < -0.4 is 10.6 Å². The van der Waals surface area contributed by atoms with E-state index in [2.05, 4.69) is 15.6 Å². The molecule has 9 heteroatoms. The van der Waals surface area contributed by atoms with Crippen molar-refractivity contribution in [3.8, 4) is 0 Å². The van der Waals surface area contributed by atoms with E-state index >= 15 is 0 Å². The SMILES string of the molecule is O=C(NCCNc1ncc(C(F)(F)F)s1)c1ccccc1F. The monoisotopic (exact) mass is 333 g/mol. The molecule has 1 aromatic carbocycles. The summed E-state index contributed by atoms with van der Waals surface area (Å²) in [6.07, 6.45) is -3.68. The molecule has 0 spiro atoms. The third kappa shape index (κ3) is 4.17. The maximum absolute atomic E-state index is 13.3. The van der Waals surface area contributed by atoms with Crippen LogP contribution in [0, 0.1) is 5.82 Å². The van der Waals surface area contributed by atoms with E-state index in [0.717, 1.165) is 6.20 Å². The fourth-order valence-corrected chi connectivity index (χ4v) is 2.28. The predicted octanol–water partition coefficient (Wildman–Crippen LogP) is 3.14. The second kappa shape index (κ2) is 6.73. The van der Waals surface area contributed by atoms with E-state index in [1.54, 1.807) is 0 Å². The molecule has 0 unspecified atom stereocenters. The molecule has 0 saturated heterocycles. The molecule has 0 aliphatic heterocycles. The fraction of sp³-hybridized carbons (Fsp3) is 0.231. The summed E-state index contributed by atoms with van der Waals surface area (Å²) in [5, 5.41) is 5.22. The van der Waals surface area contributed by atoms with Crippen LogP contribution in [-0.4, -0.2) is 24.0 Å². The second-order valence-electron chi connectivity index (χ2n) is 4.19. The first-order valence-electron chi connectivity index (χ1n) is 6.17. The lowest BCUT2D eigenvalue weighted by molar-refractivity contribution is -0.134. The van der Waals surface area contributed by atoms with Crippen molar-refractivity contribution in [1.82, 2.24) is 10.3 Å². The number of nitrogens with one attached hydrogen (secondary N) is 2. The maximum atomic E-state index is 13.3. The van der Waals surface area contributed by atoms with Gasteiger partial charge in [0, 0.05) is 13.1 Å². The highest BCUT2D eigenvalue weighted by molar-refractivity contribution is 7.15. The van der Waals surface area contributed by atoms with E-state index in [4.69, 9.17) is 0 Å². The largest absolute Gasteiger partial charge is 0.427 e. The van der Waals surface area contributed by atoms with Crippen LogP contribution in [0.5, 0.6) is 0 Å². The van der Waals surface area contributed by atoms with E-state index in [9.17, 15) is 22.4 Å². The van der Waals surface area contributed by atoms with Gasteiger partial charge in [0.05, 0.1) is 11.8 Å². The number of hydrogen-bond donors (Lipinski definition) is 2. The van der Waals surface area contributed by atoms with Crippen LogP contribution in [0.3, 0.4) is 0 Å². The van der Waals surface area contributed by atoms with E-state index in [1.165, 1.54) is 24.3 Å². The lowest BCUT2D eigenvalue weighted by atomic mass is 10.2. The van der Waals surface area contributed by atoms with Gasteiger partial charge in [-0.2, -0.15) is 13.2 Å². The Bertz CT molecular complexity index is 657. The summed E-state index contributed by atoms with van der Waals surface area (Å²) < 4.78 is 50.5. The fourth-order valence-electron chi connectivity index (χ4n) is 1.57. The van der Waals surface area contributed by atoms with Gasteiger partial charge in [0.15, 0.2) is 5.13 Å². The van der Waals surface area contributed by atoms with Crippen molar-refractivity contribution < 1.29 is 22.4 Å². The first kappa shape index (κ1) is 16.2. The van der Waals surface area contributed by atoms with Crippen LogP contribution in [0.25, 0.3) is 0 Å². The van der Waals surface area contributed by atoms with Crippen molar-refractivity contribution in [1.29, 1.82) is 0 Å². The van der Waals surface area contributed by atoms with Gasteiger partial charge < -0.3 is 10.6 Å². The maximum Gasteiger partial charge on any atom is 0.427 e. The van der Waals surface area contributed by atoms with E-state index in [1.807, 2.05) is 0 Å². The van der Waals surface area contributed by atoms with Gasteiger partial charge in [-0.15, -0.1) is 0 Å². The number of nitrogens with zero attached hydrogens (tertiary/aromatic N) is 1. The molecule has 0 fully saturated rings. The Hall–Kier alpha value is -2.16. The first-order chi connectivity index (χ1) is 10.4. The molecule has 1 amide bonds. The predicted molar refractivity (Wildman–Crippen MR) is 74.3 cm³/mol. The number of thiazole rings is 1. The summed E-state index contributed by atoms with van der Waals surface area (Å²) in [6.45, 7) is 0.291. The molecule has 0 aliphatic rings. The van der Waals surface area contributed by atoms with Crippen LogP contribution in [0.1, 0.15) is 15.2 Å². The van der Waals surface area contributed by atoms with Gasteiger partial charge in [0.1, 0.15) is 10.7 Å². The molecule has 4 nitrogen and oxygen atoms in total. The molecular formula is C13H11F4N3OS. The molecule has 22 heavy (non-hydrogen) atoms. The minimum absolute atomic E-state index is 0.0869. The first-order valence-corrected chi connectivity index (χ1v) is 6.99. The Morgan fingerprint density at radius 2 is 1.95 bits per heavy atom. The van der Waals surface area contributed by atoms with Gasteiger partial charge in [-0.25, -0.2) is 9.37 Å². The van der Waals surface area contributed by atoms with Crippen LogP contribution in [-0.2, 0) is 6.18 Å². The van der Waals surface area contributed by atoms with Crippen LogP contribution in [0.2, 0.25) is 0 Å². The number of anilines is 1. The molecule has 1 heterocycles. The molecule has 0 aliphatic carbocycles. The number of rotatable bonds is 5. The molecule has 0 bridgehead atoms. The molecule has 0 saturated carbocycles. The second-order valence-corrected chi connectivity index (χ2v) is 5.22. The van der Waals surface area contributed by atoms with Crippen molar-refractivity contribution in [2.45, 2.75) is 6.18 Å². The quantitative estimate of drug-likeness (QED) is 0.653. The lowest BCUT2D eigenvalue weighted by Crippen LogP contribution is -2.29. The van der Waals surface area contributed by atoms with Crippen molar-refractivity contribution >= 4 is 22.4 Å². The highest BCUT2D eigenvalue weighted by atomic mass is 32.1. The Balaban J connectivity index is 1.79. The van der Waals surface area contributed by atoms with Gasteiger partial charge in [-0.1, -0.05) is 23.5 Å². The van der Waals surface area contributed by atoms with Gasteiger partial charge >= 0.3 is 6.18 Å². The Kier molecular flexibility index (Phi) is 4.96. The number of halogens is 4. The summed E-state index contributed by atoms with van der Waals surface area (Å²) >= 11 is 0.478. The summed E-state index contributed by atoms with van der Waals surface area (Å²) in [4.78, 5) is 14.5. The van der Waals surface area contributed by atoms with Crippen molar-refractivity contribution in [3.63, 3.8) is 0 Å². The van der Waals surface area contributed by atoms with Gasteiger partial charge in [-0.05, 0) is 12.1 Å². The number of benzene rings is 1. The highest BCUT2D eigenvalue weighted by Crippen LogP contribution is 2.34. The molecule has 2 rings (SSSR count). The molecule has 2 N–H and O–H groups in total. The minimum atomic E-state index is -4.42. The van der Waals surface area contributed by atoms with Gasteiger partial charge in [0.25, 0.3) is 5.91 Å². The van der Waals surface area contributed by atoms with E-state index < -0.39 is 22.8 Å². The number of alkyl halides is 3. The van der Waals surface area contributed by atoms with Crippen LogP contribution >= 0.6 is 11.3 Å². The number of hydrogen-bond acceptors (Lipinski definition) is 4. The zero-order valence-corrected chi connectivity index (χ0v) is 11.9. The van der Waals surface area contributed by atoms with Gasteiger partial charge in [0.2, 0.25) is 0 Å². The Morgan fingerprint density at radius 1 is 1.23 bits per heavy atom. The number of carbonyl (C=O) groups excluding carboxylic acids is 1. The molecule has 1 aromatic heterocycles. The number of amides is 1. The highest BCUT2D eigenvalue weighted by Gasteiger charge is 2.33. The molecule has 0 atom stereocenters. The summed E-state index contributed by atoms with van der Waals surface area (Å²) in [5.41, 5.74) is -0.0869. The van der Waals surface area contributed by atoms with Gasteiger partial charge in [-0.3, -0.25) is 4.79 Å². The van der Waals surface area contributed by atoms with Crippen molar-refractivity contribution in [3.05, 3.63) is 46.7 Å². The van der Waals surface area contributed by atoms with Crippen LogP contribution in [0.15, 0.2) is 30.5 Å². The van der Waals surface area contributed by atoms with Crippen LogP contribution in [0.4, 0.5) is 22.7 Å². The standard InChI is InChI=1S/C13H11F4N3OS/c14-9-4-2-1-3-8(9)11(21)18-5-6-19-12-20-7-10(22-12)13(15,16)17/h1-4,7H,5-6H2,(H,18,21)(H,19,20). The number of carbonyl (C=O) groups is 1. The molecule has 2 aromatic rings. The average molecular weight is 333 g/mol. The van der Waals surface area contributed by atoms with E-state index in [0.29, 0.717) is 11.3 Å². The third-order valence-electron chi connectivity index (χ3n) is 2.59.